The van der Waals surface area contributed by atoms with E-state index in [9.17, 15) is 24.0 Å². The zero-order valence-electron chi connectivity index (χ0n) is 25.7. The smallest absolute Gasteiger partial charge is 0.408 e. The van der Waals surface area contributed by atoms with Crippen LogP contribution < -0.4 is 10.6 Å². The van der Waals surface area contributed by atoms with E-state index < -0.39 is 65.5 Å². The third-order valence-electron chi connectivity index (χ3n) is 5.27. The van der Waals surface area contributed by atoms with E-state index in [4.69, 9.17) is 18.9 Å². The minimum absolute atomic E-state index is 0.0169. The minimum atomic E-state index is -1.57. The molecule has 0 fully saturated rings. The first-order valence-electron chi connectivity index (χ1n) is 13.8. The monoisotopic (exact) mass is 578 g/mol. The van der Waals surface area contributed by atoms with Crippen molar-refractivity contribution in [2.75, 3.05) is 6.61 Å². The summed E-state index contributed by atoms with van der Waals surface area (Å²) in [6.07, 6.45) is -1.21. The summed E-state index contributed by atoms with van der Waals surface area (Å²) in [7, 11) is 0. The van der Waals surface area contributed by atoms with Gasteiger partial charge in [-0.1, -0.05) is 44.2 Å². The van der Waals surface area contributed by atoms with Crippen molar-refractivity contribution in [2.24, 2.45) is 11.8 Å². The summed E-state index contributed by atoms with van der Waals surface area (Å²) in [6, 6.07) is 6.41. The van der Waals surface area contributed by atoms with Crippen molar-refractivity contribution in [3.8, 4) is 0 Å². The summed E-state index contributed by atoms with van der Waals surface area (Å²) >= 11 is 0. The second-order valence-electron chi connectivity index (χ2n) is 12.1. The van der Waals surface area contributed by atoms with E-state index >= 15 is 0 Å². The number of alkyl carbamates (subject to hydrolysis) is 1. The van der Waals surface area contributed by atoms with Crippen LogP contribution in [0.3, 0.4) is 0 Å². The molecule has 0 unspecified atom stereocenters. The predicted octanol–water partition coefficient (Wildman–Crippen LogP) is 4.07. The van der Waals surface area contributed by atoms with Gasteiger partial charge in [0.2, 0.25) is 5.91 Å². The maximum atomic E-state index is 13.5. The highest BCUT2D eigenvalue weighted by Gasteiger charge is 2.40. The van der Waals surface area contributed by atoms with Crippen LogP contribution in [-0.2, 0) is 44.7 Å². The van der Waals surface area contributed by atoms with Gasteiger partial charge in [0, 0.05) is 6.42 Å². The van der Waals surface area contributed by atoms with Gasteiger partial charge in [0.1, 0.15) is 29.9 Å². The molecule has 0 saturated carbocycles. The SMILES string of the molecule is CCOC(=O)[C@H](CC(C)C)NC(=O)[C@H](CC(C(=O)OC(C)(C)C)C(=O)OC(C)(C)C)NC(=O)OCc1ccccc1. The van der Waals surface area contributed by atoms with E-state index in [-0.39, 0.29) is 25.6 Å². The van der Waals surface area contributed by atoms with Crippen LogP contribution in [0.25, 0.3) is 0 Å². The third kappa shape index (κ3) is 14.5. The van der Waals surface area contributed by atoms with Gasteiger partial charge in [0.05, 0.1) is 6.61 Å². The fourth-order valence-electron chi connectivity index (χ4n) is 3.61. The van der Waals surface area contributed by atoms with Gasteiger partial charge in [-0.3, -0.25) is 14.4 Å². The van der Waals surface area contributed by atoms with Gasteiger partial charge in [-0.25, -0.2) is 9.59 Å². The van der Waals surface area contributed by atoms with Crippen LogP contribution in [0.2, 0.25) is 0 Å². The highest BCUT2D eigenvalue weighted by atomic mass is 16.6. The van der Waals surface area contributed by atoms with Gasteiger partial charge in [-0.05, 0) is 66.4 Å². The quantitative estimate of drug-likeness (QED) is 0.201. The molecule has 2 amide bonds. The largest absolute Gasteiger partial charge is 0.464 e. The average Bonchev–Trinajstić information content (AvgIpc) is 2.82. The molecule has 2 N–H and O–H groups in total. The fourth-order valence-corrected chi connectivity index (χ4v) is 3.61. The number of benzene rings is 1. The topological polar surface area (TPSA) is 146 Å². The molecule has 0 aliphatic heterocycles. The van der Waals surface area contributed by atoms with Crippen molar-refractivity contribution >= 4 is 29.9 Å². The second kappa shape index (κ2) is 16.0. The van der Waals surface area contributed by atoms with Crippen molar-refractivity contribution in [3.05, 3.63) is 35.9 Å². The Labute approximate surface area is 243 Å². The highest BCUT2D eigenvalue weighted by molar-refractivity contribution is 5.97. The molecule has 0 bridgehead atoms. The lowest BCUT2D eigenvalue weighted by Crippen LogP contribution is -2.54. The van der Waals surface area contributed by atoms with Crippen molar-refractivity contribution in [1.29, 1.82) is 0 Å². The Kier molecular flexibility index (Phi) is 13.8. The van der Waals surface area contributed by atoms with Crippen molar-refractivity contribution in [2.45, 2.75) is 105 Å². The molecule has 11 nitrogen and oxygen atoms in total. The second-order valence-corrected chi connectivity index (χ2v) is 12.1. The van der Waals surface area contributed by atoms with Crippen LogP contribution >= 0.6 is 0 Å². The zero-order valence-corrected chi connectivity index (χ0v) is 25.7. The van der Waals surface area contributed by atoms with E-state index in [1.165, 1.54) is 0 Å². The Morgan fingerprint density at radius 3 is 1.73 bits per heavy atom. The number of esters is 3. The standard InChI is InChI=1S/C30H46N2O9/c1-10-38-27(36)23(16-19(2)3)31-24(33)22(32-28(37)39-18-20-14-12-11-13-15-20)17-21(25(34)40-29(4,5)6)26(35)41-30(7,8)9/h11-15,19,21-23H,10,16-18H2,1-9H3,(H,31,33)(H,32,37)/t22-,23-/m0/s1. The van der Waals surface area contributed by atoms with E-state index in [1.54, 1.807) is 72.7 Å². The molecule has 1 rings (SSSR count). The molecule has 0 aromatic heterocycles. The lowest BCUT2D eigenvalue weighted by Gasteiger charge is -2.29. The van der Waals surface area contributed by atoms with Gasteiger partial charge >= 0.3 is 24.0 Å². The number of rotatable bonds is 13. The molecule has 2 atom stereocenters. The van der Waals surface area contributed by atoms with E-state index in [2.05, 4.69) is 10.6 Å². The van der Waals surface area contributed by atoms with E-state index in [1.807, 2.05) is 19.9 Å². The van der Waals surface area contributed by atoms with Gasteiger partial charge in [-0.15, -0.1) is 0 Å². The number of nitrogens with one attached hydrogen (secondary N) is 2. The van der Waals surface area contributed by atoms with Crippen molar-refractivity contribution in [1.82, 2.24) is 10.6 Å². The average molecular weight is 579 g/mol. The molecule has 0 saturated heterocycles. The Hall–Kier alpha value is -3.63. The number of carbonyl (C=O) groups is 5. The summed E-state index contributed by atoms with van der Waals surface area (Å²) in [4.78, 5) is 65.1. The van der Waals surface area contributed by atoms with Gasteiger partial charge in [-0.2, -0.15) is 0 Å². The maximum absolute atomic E-state index is 13.5. The Balaban J connectivity index is 3.32. The van der Waals surface area contributed by atoms with Crippen LogP contribution in [0.4, 0.5) is 4.79 Å². The lowest BCUT2D eigenvalue weighted by atomic mass is 9.97. The molecule has 0 heterocycles. The highest BCUT2D eigenvalue weighted by Crippen LogP contribution is 2.21. The van der Waals surface area contributed by atoms with Gasteiger partial charge in [0.25, 0.3) is 0 Å². The first-order chi connectivity index (χ1) is 18.9. The molecular weight excluding hydrogens is 532 g/mol. The van der Waals surface area contributed by atoms with Crippen LogP contribution in [0.5, 0.6) is 0 Å². The molecule has 41 heavy (non-hydrogen) atoms. The Bertz CT molecular complexity index is 999. The summed E-state index contributed by atoms with van der Waals surface area (Å²) in [5.74, 6) is -4.84. The van der Waals surface area contributed by atoms with Crippen molar-refractivity contribution in [3.63, 3.8) is 0 Å². The fraction of sp³-hybridized carbons (Fsp3) is 0.633. The number of hydrogen-bond acceptors (Lipinski definition) is 9. The summed E-state index contributed by atoms with van der Waals surface area (Å²) in [5, 5.41) is 5.05. The van der Waals surface area contributed by atoms with Crippen molar-refractivity contribution < 1.29 is 42.9 Å². The minimum Gasteiger partial charge on any atom is -0.464 e. The van der Waals surface area contributed by atoms with Gasteiger partial charge in [0.15, 0.2) is 5.92 Å². The lowest BCUT2D eigenvalue weighted by molar-refractivity contribution is -0.175. The predicted molar refractivity (Wildman–Crippen MR) is 151 cm³/mol. The molecule has 0 aliphatic carbocycles. The molecule has 0 aliphatic rings. The number of carbonyl (C=O) groups excluding carboxylic acids is 5. The van der Waals surface area contributed by atoms with Crippen LogP contribution in [0.15, 0.2) is 30.3 Å². The first-order valence-corrected chi connectivity index (χ1v) is 13.8. The van der Waals surface area contributed by atoms with Gasteiger partial charge < -0.3 is 29.6 Å². The molecule has 230 valence electrons. The van der Waals surface area contributed by atoms with E-state index in [0.717, 1.165) is 0 Å². The third-order valence-corrected chi connectivity index (χ3v) is 5.27. The zero-order chi connectivity index (χ0) is 31.4. The maximum Gasteiger partial charge on any atom is 0.408 e. The normalized spacial score (nSPS) is 13.1. The Morgan fingerprint density at radius 2 is 1.27 bits per heavy atom. The van der Waals surface area contributed by atoms with Crippen LogP contribution in [0.1, 0.15) is 80.7 Å². The molecule has 11 heteroatoms. The summed E-state index contributed by atoms with van der Waals surface area (Å²) in [6.45, 7) is 15.2. The number of amides is 2. The molecule has 0 spiro atoms. The number of hydrogen-bond donors (Lipinski definition) is 2. The summed E-state index contributed by atoms with van der Waals surface area (Å²) in [5.41, 5.74) is -1.17. The van der Waals surface area contributed by atoms with Crippen LogP contribution in [-0.4, -0.2) is 59.8 Å². The first kappa shape index (κ1) is 35.4. The molecule has 1 aromatic carbocycles. The van der Waals surface area contributed by atoms with E-state index in [0.29, 0.717) is 5.56 Å². The molecular formula is C30H46N2O9. The Morgan fingerprint density at radius 1 is 0.732 bits per heavy atom. The van der Waals surface area contributed by atoms with Crippen LogP contribution in [0, 0.1) is 11.8 Å². The molecule has 1 aromatic rings. The summed E-state index contributed by atoms with van der Waals surface area (Å²) < 4.78 is 21.3. The molecule has 0 radical (unpaired) electrons. The number of ether oxygens (including phenoxy) is 4.